The van der Waals surface area contributed by atoms with Gasteiger partial charge in [0.15, 0.2) is 0 Å². The number of aromatic nitrogens is 2. The first-order valence-corrected chi connectivity index (χ1v) is 6.88. The lowest BCUT2D eigenvalue weighted by Gasteiger charge is -2.24. The van der Waals surface area contributed by atoms with Crippen molar-refractivity contribution in [3.8, 4) is 0 Å². The number of fused-ring (bicyclic) bond motifs is 1. The minimum Gasteiger partial charge on any atom is -0.331 e. The molecule has 0 aliphatic rings. The van der Waals surface area contributed by atoms with E-state index in [-0.39, 0.29) is 0 Å². The molecule has 0 amide bonds. The largest absolute Gasteiger partial charge is 0.331 e. The van der Waals surface area contributed by atoms with Crippen LogP contribution in [0.1, 0.15) is 23.9 Å². The van der Waals surface area contributed by atoms with Gasteiger partial charge in [-0.2, -0.15) is 12.6 Å². The fourth-order valence-corrected chi connectivity index (χ4v) is 2.63. The molecule has 18 heavy (non-hydrogen) atoms. The van der Waals surface area contributed by atoms with Gasteiger partial charge in [0, 0.05) is 13.1 Å². The standard InChI is InChI=1S/C14H21N3S/c1-10-15-12-9-11(5-6-14(12)17(10)4)13(7-8-18)16(2)3/h5-6,9,13,18H,7-8H2,1-4H3. The third-order valence-corrected chi connectivity index (χ3v) is 3.80. The quantitative estimate of drug-likeness (QED) is 0.856. The molecule has 0 saturated carbocycles. The van der Waals surface area contributed by atoms with Crippen molar-refractivity contribution in [2.75, 3.05) is 19.8 Å². The second-order valence-corrected chi connectivity index (χ2v) is 5.41. The Kier molecular flexibility index (Phi) is 3.97. The summed E-state index contributed by atoms with van der Waals surface area (Å²) in [5, 5.41) is 0. The fourth-order valence-electron chi connectivity index (χ4n) is 2.39. The van der Waals surface area contributed by atoms with Crippen molar-refractivity contribution >= 4 is 23.7 Å². The second kappa shape index (κ2) is 5.33. The molecule has 0 saturated heterocycles. The van der Waals surface area contributed by atoms with Crippen LogP contribution in [0.3, 0.4) is 0 Å². The number of hydrogen-bond donors (Lipinski definition) is 1. The van der Waals surface area contributed by atoms with Crippen LogP contribution in [0.2, 0.25) is 0 Å². The van der Waals surface area contributed by atoms with Crippen LogP contribution in [0.25, 0.3) is 11.0 Å². The van der Waals surface area contributed by atoms with E-state index < -0.39 is 0 Å². The number of rotatable bonds is 4. The Bertz CT molecular complexity index is 545. The highest BCUT2D eigenvalue weighted by Crippen LogP contribution is 2.26. The van der Waals surface area contributed by atoms with E-state index in [4.69, 9.17) is 0 Å². The monoisotopic (exact) mass is 263 g/mol. The summed E-state index contributed by atoms with van der Waals surface area (Å²) < 4.78 is 2.13. The Hall–Kier alpha value is -1.00. The van der Waals surface area contributed by atoms with Crippen LogP contribution in [0.15, 0.2) is 18.2 Å². The number of hydrogen-bond acceptors (Lipinski definition) is 3. The molecule has 1 atom stereocenters. The third-order valence-electron chi connectivity index (χ3n) is 3.54. The molecule has 0 aliphatic carbocycles. The molecule has 2 aromatic rings. The van der Waals surface area contributed by atoms with Gasteiger partial charge in [-0.3, -0.25) is 0 Å². The zero-order valence-electron chi connectivity index (χ0n) is 11.5. The Morgan fingerprint density at radius 1 is 1.39 bits per heavy atom. The van der Waals surface area contributed by atoms with E-state index in [2.05, 4.69) is 66.4 Å². The number of aryl methyl sites for hydroxylation is 2. The van der Waals surface area contributed by atoms with Gasteiger partial charge in [-0.15, -0.1) is 0 Å². The van der Waals surface area contributed by atoms with Crippen molar-refractivity contribution in [3.63, 3.8) is 0 Å². The highest BCUT2D eigenvalue weighted by molar-refractivity contribution is 7.80. The topological polar surface area (TPSA) is 21.1 Å². The Morgan fingerprint density at radius 2 is 2.11 bits per heavy atom. The summed E-state index contributed by atoms with van der Waals surface area (Å²) in [6.07, 6.45) is 1.05. The average molecular weight is 263 g/mol. The molecule has 2 rings (SSSR count). The molecule has 1 aromatic carbocycles. The summed E-state index contributed by atoms with van der Waals surface area (Å²) in [7, 11) is 6.28. The van der Waals surface area contributed by atoms with Gasteiger partial charge in [0.05, 0.1) is 11.0 Å². The summed E-state index contributed by atoms with van der Waals surface area (Å²) in [5.41, 5.74) is 3.60. The Morgan fingerprint density at radius 3 is 2.72 bits per heavy atom. The van der Waals surface area contributed by atoms with Gasteiger partial charge >= 0.3 is 0 Å². The first-order valence-electron chi connectivity index (χ1n) is 6.25. The van der Waals surface area contributed by atoms with E-state index in [9.17, 15) is 0 Å². The zero-order chi connectivity index (χ0) is 13.3. The van der Waals surface area contributed by atoms with Crippen molar-refractivity contribution in [3.05, 3.63) is 29.6 Å². The molecule has 1 aromatic heterocycles. The summed E-state index contributed by atoms with van der Waals surface area (Å²) in [5.74, 6) is 1.94. The van der Waals surface area contributed by atoms with Gasteiger partial charge in [-0.05, 0) is 50.9 Å². The summed E-state index contributed by atoms with van der Waals surface area (Å²) >= 11 is 4.35. The van der Waals surface area contributed by atoms with Crippen LogP contribution in [0.4, 0.5) is 0 Å². The molecular weight excluding hydrogens is 242 g/mol. The number of imidazole rings is 1. The smallest absolute Gasteiger partial charge is 0.106 e. The van der Waals surface area contributed by atoms with E-state index >= 15 is 0 Å². The molecule has 4 heteroatoms. The Labute approximate surface area is 114 Å². The van der Waals surface area contributed by atoms with Crippen LogP contribution in [0, 0.1) is 6.92 Å². The maximum absolute atomic E-state index is 4.60. The summed E-state index contributed by atoms with van der Waals surface area (Å²) in [4.78, 5) is 6.84. The molecule has 98 valence electrons. The number of thiol groups is 1. The van der Waals surface area contributed by atoms with Crippen LogP contribution >= 0.6 is 12.6 Å². The molecule has 0 N–H and O–H groups in total. The molecule has 0 bridgehead atoms. The van der Waals surface area contributed by atoms with Crippen LogP contribution in [0.5, 0.6) is 0 Å². The summed E-state index contributed by atoms with van der Waals surface area (Å²) in [6.45, 7) is 2.04. The van der Waals surface area contributed by atoms with Crippen molar-refractivity contribution in [2.45, 2.75) is 19.4 Å². The molecule has 1 unspecified atom stereocenters. The molecular formula is C14H21N3S. The zero-order valence-corrected chi connectivity index (χ0v) is 12.4. The average Bonchev–Trinajstić information content (AvgIpc) is 2.61. The van der Waals surface area contributed by atoms with Crippen LogP contribution in [-0.4, -0.2) is 34.3 Å². The SMILES string of the molecule is Cc1nc2cc(C(CCS)N(C)C)ccc2n1C. The minimum absolute atomic E-state index is 0.411. The van der Waals surface area contributed by atoms with Crippen molar-refractivity contribution in [1.82, 2.24) is 14.5 Å². The van der Waals surface area contributed by atoms with E-state index in [1.54, 1.807) is 0 Å². The molecule has 0 radical (unpaired) electrons. The molecule has 3 nitrogen and oxygen atoms in total. The normalized spacial score (nSPS) is 13.4. The number of nitrogens with zero attached hydrogens (tertiary/aromatic N) is 3. The van der Waals surface area contributed by atoms with Gasteiger partial charge in [0.1, 0.15) is 5.82 Å². The first kappa shape index (κ1) is 13.4. The van der Waals surface area contributed by atoms with Crippen LogP contribution < -0.4 is 0 Å². The fraction of sp³-hybridized carbons (Fsp3) is 0.500. The highest BCUT2D eigenvalue weighted by Gasteiger charge is 2.14. The summed E-state index contributed by atoms with van der Waals surface area (Å²) in [6, 6.07) is 6.99. The van der Waals surface area contributed by atoms with E-state index in [0.29, 0.717) is 6.04 Å². The second-order valence-electron chi connectivity index (χ2n) is 4.96. The number of benzene rings is 1. The minimum atomic E-state index is 0.411. The van der Waals surface area contributed by atoms with Crippen molar-refractivity contribution in [2.24, 2.45) is 7.05 Å². The predicted octanol–water partition coefficient (Wildman–Crippen LogP) is 2.80. The maximum atomic E-state index is 4.60. The lowest BCUT2D eigenvalue weighted by atomic mass is 10.0. The van der Waals surface area contributed by atoms with Crippen molar-refractivity contribution in [1.29, 1.82) is 0 Å². The lowest BCUT2D eigenvalue weighted by molar-refractivity contribution is 0.294. The molecule has 0 aliphatic heterocycles. The van der Waals surface area contributed by atoms with E-state index in [1.165, 1.54) is 11.1 Å². The molecule has 0 spiro atoms. The van der Waals surface area contributed by atoms with Gasteiger partial charge in [0.25, 0.3) is 0 Å². The third kappa shape index (κ3) is 2.40. The van der Waals surface area contributed by atoms with Gasteiger partial charge in [0.2, 0.25) is 0 Å². The van der Waals surface area contributed by atoms with Crippen molar-refractivity contribution < 1.29 is 0 Å². The van der Waals surface area contributed by atoms with Crippen LogP contribution in [-0.2, 0) is 7.05 Å². The first-order chi connectivity index (χ1) is 8.54. The van der Waals surface area contributed by atoms with Gasteiger partial charge < -0.3 is 9.47 Å². The lowest BCUT2D eigenvalue weighted by Crippen LogP contribution is -2.20. The maximum Gasteiger partial charge on any atom is 0.106 e. The predicted molar refractivity (Wildman–Crippen MR) is 80.3 cm³/mol. The van der Waals surface area contributed by atoms with Gasteiger partial charge in [-0.25, -0.2) is 4.98 Å². The molecule has 1 heterocycles. The van der Waals surface area contributed by atoms with E-state index in [0.717, 1.165) is 23.5 Å². The van der Waals surface area contributed by atoms with E-state index in [1.807, 2.05) is 6.92 Å². The highest BCUT2D eigenvalue weighted by atomic mass is 32.1. The molecule has 0 fully saturated rings. The van der Waals surface area contributed by atoms with Gasteiger partial charge in [-0.1, -0.05) is 6.07 Å². The Balaban J connectivity index is 2.45.